The monoisotopic (exact) mass is 287 g/mol. The first-order valence-corrected chi connectivity index (χ1v) is 7.45. The van der Waals surface area contributed by atoms with Crippen LogP contribution >= 0.6 is 0 Å². The largest absolute Gasteiger partial charge is 0.494 e. The summed E-state index contributed by atoms with van der Waals surface area (Å²) in [5.41, 5.74) is 2.38. The van der Waals surface area contributed by atoms with Gasteiger partial charge in [-0.1, -0.05) is 31.2 Å². The summed E-state index contributed by atoms with van der Waals surface area (Å²) in [5, 5.41) is 3.39. The van der Waals surface area contributed by atoms with Crippen LogP contribution in [0.3, 0.4) is 0 Å². The second-order valence-electron chi connectivity index (χ2n) is 5.05. The topological polar surface area (TPSA) is 21.3 Å². The molecule has 2 rings (SSSR count). The molecular weight excluding hydrogens is 265 g/mol. The summed E-state index contributed by atoms with van der Waals surface area (Å²) in [4.78, 5) is 0. The quantitative estimate of drug-likeness (QED) is 0.742. The molecule has 0 heterocycles. The molecule has 0 aromatic heterocycles. The van der Waals surface area contributed by atoms with E-state index in [2.05, 4.69) is 24.4 Å². The number of nitrogens with one attached hydrogen (secondary N) is 1. The van der Waals surface area contributed by atoms with Crippen LogP contribution in [0.1, 0.15) is 24.5 Å². The molecule has 2 aromatic rings. The summed E-state index contributed by atoms with van der Waals surface area (Å²) >= 11 is 0. The SMILES string of the molecule is CCCOc1ccc(CNCCc2ccc(F)cc2)cc1. The minimum Gasteiger partial charge on any atom is -0.494 e. The molecule has 1 N–H and O–H groups in total. The lowest BCUT2D eigenvalue weighted by atomic mass is 10.1. The van der Waals surface area contributed by atoms with E-state index in [0.717, 1.165) is 43.9 Å². The average Bonchev–Trinajstić information content (AvgIpc) is 2.52. The van der Waals surface area contributed by atoms with Crippen molar-refractivity contribution in [2.45, 2.75) is 26.3 Å². The fourth-order valence-corrected chi connectivity index (χ4v) is 2.04. The van der Waals surface area contributed by atoms with Gasteiger partial charge in [0.05, 0.1) is 6.61 Å². The van der Waals surface area contributed by atoms with Gasteiger partial charge in [0.1, 0.15) is 11.6 Å². The second-order valence-corrected chi connectivity index (χ2v) is 5.05. The van der Waals surface area contributed by atoms with Gasteiger partial charge in [0, 0.05) is 6.54 Å². The van der Waals surface area contributed by atoms with Crippen molar-refractivity contribution < 1.29 is 9.13 Å². The smallest absolute Gasteiger partial charge is 0.123 e. The highest BCUT2D eigenvalue weighted by Gasteiger charge is 1.97. The Morgan fingerprint density at radius 3 is 2.29 bits per heavy atom. The van der Waals surface area contributed by atoms with Gasteiger partial charge in [-0.25, -0.2) is 4.39 Å². The zero-order chi connectivity index (χ0) is 14.9. The van der Waals surface area contributed by atoms with Crippen molar-refractivity contribution in [3.63, 3.8) is 0 Å². The zero-order valence-electron chi connectivity index (χ0n) is 12.4. The van der Waals surface area contributed by atoms with Crippen molar-refractivity contribution in [3.05, 3.63) is 65.5 Å². The fourth-order valence-electron chi connectivity index (χ4n) is 2.04. The van der Waals surface area contributed by atoms with Gasteiger partial charge in [-0.05, 0) is 54.8 Å². The fraction of sp³-hybridized carbons (Fsp3) is 0.333. The van der Waals surface area contributed by atoms with Crippen LogP contribution in [0.2, 0.25) is 0 Å². The van der Waals surface area contributed by atoms with E-state index in [1.165, 1.54) is 17.7 Å². The third kappa shape index (κ3) is 5.56. The molecule has 21 heavy (non-hydrogen) atoms. The van der Waals surface area contributed by atoms with Gasteiger partial charge in [-0.15, -0.1) is 0 Å². The molecule has 0 bridgehead atoms. The third-order valence-electron chi connectivity index (χ3n) is 3.23. The van der Waals surface area contributed by atoms with Crippen molar-refractivity contribution in [1.82, 2.24) is 5.32 Å². The highest BCUT2D eigenvalue weighted by atomic mass is 19.1. The summed E-state index contributed by atoms with van der Waals surface area (Å²) in [7, 11) is 0. The Kier molecular flexibility index (Phi) is 6.22. The van der Waals surface area contributed by atoms with E-state index >= 15 is 0 Å². The Morgan fingerprint density at radius 2 is 1.62 bits per heavy atom. The van der Waals surface area contributed by atoms with Crippen LogP contribution < -0.4 is 10.1 Å². The maximum absolute atomic E-state index is 12.8. The number of hydrogen-bond acceptors (Lipinski definition) is 2. The highest BCUT2D eigenvalue weighted by Crippen LogP contribution is 2.12. The van der Waals surface area contributed by atoms with Gasteiger partial charge in [-0.3, -0.25) is 0 Å². The van der Waals surface area contributed by atoms with Gasteiger partial charge in [0.25, 0.3) is 0 Å². The van der Waals surface area contributed by atoms with Crippen molar-refractivity contribution in [2.24, 2.45) is 0 Å². The molecule has 3 heteroatoms. The van der Waals surface area contributed by atoms with Gasteiger partial charge in [0.15, 0.2) is 0 Å². The van der Waals surface area contributed by atoms with E-state index in [4.69, 9.17) is 4.74 Å². The van der Waals surface area contributed by atoms with Crippen LogP contribution in [0.25, 0.3) is 0 Å². The Hall–Kier alpha value is -1.87. The summed E-state index contributed by atoms with van der Waals surface area (Å²) in [6.45, 7) is 4.56. The number of hydrogen-bond donors (Lipinski definition) is 1. The lowest BCUT2D eigenvalue weighted by molar-refractivity contribution is 0.317. The molecule has 0 spiro atoms. The first-order chi connectivity index (χ1) is 10.3. The Balaban J connectivity index is 1.69. The molecule has 0 atom stereocenters. The summed E-state index contributed by atoms with van der Waals surface area (Å²) in [6, 6.07) is 14.8. The lowest BCUT2D eigenvalue weighted by Gasteiger charge is -2.07. The van der Waals surface area contributed by atoms with E-state index in [1.807, 2.05) is 24.3 Å². The Morgan fingerprint density at radius 1 is 0.952 bits per heavy atom. The number of rotatable bonds is 8. The van der Waals surface area contributed by atoms with Gasteiger partial charge < -0.3 is 10.1 Å². The molecule has 0 aliphatic rings. The molecule has 0 radical (unpaired) electrons. The van der Waals surface area contributed by atoms with Crippen LogP contribution in [-0.2, 0) is 13.0 Å². The van der Waals surface area contributed by atoms with Crippen LogP contribution in [0.4, 0.5) is 4.39 Å². The molecule has 0 saturated carbocycles. The Labute approximate surface area is 126 Å². The van der Waals surface area contributed by atoms with Crippen molar-refractivity contribution in [2.75, 3.05) is 13.2 Å². The molecule has 2 nitrogen and oxygen atoms in total. The van der Waals surface area contributed by atoms with E-state index in [1.54, 1.807) is 0 Å². The lowest BCUT2D eigenvalue weighted by Crippen LogP contribution is -2.16. The minimum absolute atomic E-state index is 0.183. The number of halogens is 1. The summed E-state index contributed by atoms with van der Waals surface area (Å²) in [5.74, 6) is 0.740. The molecular formula is C18H22FNO. The van der Waals surface area contributed by atoms with E-state index in [-0.39, 0.29) is 5.82 Å². The highest BCUT2D eigenvalue weighted by molar-refractivity contribution is 5.27. The molecule has 0 amide bonds. The van der Waals surface area contributed by atoms with E-state index in [0.29, 0.717) is 0 Å². The average molecular weight is 287 g/mol. The second kappa shape index (κ2) is 8.42. The minimum atomic E-state index is -0.183. The van der Waals surface area contributed by atoms with Crippen LogP contribution in [-0.4, -0.2) is 13.2 Å². The third-order valence-corrected chi connectivity index (χ3v) is 3.23. The van der Waals surface area contributed by atoms with Crippen LogP contribution in [0, 0.1) is 5.82 Å². The summed E-state index contributed by atoms with van der Waals surface area (Å²) < 4.78 is 18.3. The molecule has 0 unspecified atom stereocenters. The van der Waals surface area contributed by atoms with Crippen LogP contribution in [0.5, 0.6) is 5.75 Å². The predicted molar refractivity (Wildman–Crippen MR) is 84.0 cm³/mol. The van der Waals surface area contributed by atoms with Crippen molar-refractivity contribution in [3.8, 4) is 5.75 Å². The van der Waals surface area contributed by atoms with Gasteiger partial charge >= 0.3 is 0 Å². The molecule has 112 valence electrons. The number of ether oxygens (including phenoxy) is 1. The van der Waals surface area contributed by atoms with Crippen molar-refractivity contribution in [1.29, 1.82) is 0 Å². The van der Waals surface area contributed by atoms with E-state index < -0.39 is 0 Å². The van der Waals surface area contributed by atoms with Gasteiger partial charge in [-0.2, -0.15) is 0 Å². The first-order valence-electron chi connectivity index (χ1n) is 7.45. The molecule has 0 fully saturated rings. The normalized spacial score (nSPS) is 10.6. The molecule has 0 saturated heterocycles. The maximum atomic E-state index is 12.8. The zero-order valence-corrected chi connectivity index (χ0v) is 12.4. The molecule has 0 aliphatic carbocycles. The van der Waals surface area contributed by atoms with Gasteiger partial charge in [0.2, 0.25) is 0 Å². The molecule has 2 aromatic carbocycles. The van der Waals surface area contributed by atoms with Crippen molar-refractivity contribution >= 4 is 0 Å². The predicted octanol–water partition coefficient (Wildman–Crippen LogP) is 3.95. The van der Waals surface area contributed by atoms with E-state index in [9.17, 15) is 4.39 Å². The maximum Gasteiger partial charge on any atom is 0.123 e. The first kappa shape index (κ1) is 15.5. The Bertz CT molecular complexity index is 522. The standard InChI is InChI=1S/C18H22FNO/c1-2-13-21-18-9-5-16(6-10-18)14-20-12-11-15-3-7-17(19)8-4-15/h3-10,20H,2,11-14H2,1H3. The summed E-state index contributed by atoms with van der Waals surface area (Å²) in [6.07, 6.45) is 1.92. The number of benzene rings is 2. The molecule has 0 aliphatic heterocycles. The van der Waals surface area contributed by atoms with Crippen LogP contribution in [0.15, 0.2) is 48.5 Å².